The molecular formula is C11H19N5O2S. The zero-order valence-corrected chi connectivity index (χ0v) is 11.7. The fourth-order valence-corrected chi connectivity index (χ4v) is 2.48. The van der Waals surface area contributed by atoms with Crippen LogP contribution in [0.5, 0.6) is 0 Å². The van der Waals surface area contributed by atoms with E-state index in [-0.39, 0.29) is 5.82 Å². The molecule has 0 aliphatic heterocycles. The van der Waals surface area contributed by atoms with Crippen LogP contribution in [-0.4, -0.2) is 49.1 Å². The number of hydrogen-bond acceptors (Lipinski definition) is 5. The molecule has 0 radical (unpaired) electrons. The monoisotopic (exact) mass is 285 g/mol. The lowest BCUT2D eigenvalue weighted by Crippen LogP contribution is -2.35. The Morgan fingerprint density at radius 2 is 2.26 bits per heavy atom. The van der Waals surface area contributed by atoms with E-state index in [1.165, 1.54) is 23.3 Å². The van der Waals surface area contributed by atoms with Crippen molar-refractivity contribution < 1.29 is 8.42 Å². The van der Waals surface area contributed by atoms with E-state index < -0.39 is 10.2 Å². The lowest BCUT2D eigenvalue weighted by molar-refractivity contribution is 0.457. The lowest BCUT2D eigenvalue weighted by Gasteiger charge is -2.17. The van der Waals surface area contributed by atoms with E-state index in [2.05, 4.69) is 20.2 Å². The highest BCUT2D eigenvalue weighted by molar-refractivity contribution is 7.90. The molecule has 106 valence electrons. The molecule has 1 aromatic heterocycles. The van der Waals surface area contributed by atoms with Gasteiger partial charge in [-0.3, -0.25) is 4.72 Å². The third-order valence-electron chi connectivity index (χ3n) is 2.88. The number of anilines is 1. The molecule has 0 bridgehead atoms. The van der Waals surface area contributed by atoms with Gasteiger partial charge in [0.1, 0.15) is 0 Å². The van der Waals surface area contributed by atoms with E-state index in [0.29, 0.717) is 12.6 Å². The van der Waals surface area contributed by atoms with Crippen molar-refractivity contribution in [3.05, 3.63) is 18.3 Å². The van der Waals surface area contributed by atoms with Crippen molar-refractivity contribution in [3.63, 3.8) is 0 Å². The number of nitrogens with zero attached hydrogens (tertiary/aromatic N) is 3. The zero-order chi connectivity index (χ0) is 13.7. The fourth-order valence-electron chi connectivity index (χ4n) is 1.58. The van der Waals surface area contributed by atoms with Crippen LogP contribution in [-0.2, 0) is 10.2 Å². The average molecular weight is 285 g/mol. The van der Waals surface area contributed by atoms with Crippen molar-refractivity contribution in [1.82, 2.24) is 19.8 Å². The summed E-state index contributed by atoms with van der Waals surface area (Å²) in [6.45, 7) is 1.31. The van der Waals surface area contributed by atoms with Crippen LogP contribution in [0.1, 0.15) is 19.3 Å². The third-order valence-corrected chi connectivity index (χ3v) is 4.35. The Labute approximate surface area is 113 Å². The van der Waals surface area contributed by atoms with Gasteiger partial charge in [0.25, 0.3) is 0 Å². The molecule has 1 saturated carbocycles. The Hall–Kier alpha value is -1.25. The van der Waals surface area contributed by atoms with Crippen LogP contribution in [0.15, 0.2) is 18.3 Å². The maximum absolute atomic E-state index is 12.0. The molecule has 0 amide bonds. The highest BCUT2D eigenvalue weighted by Gasteiger charge is 2.21. The molecule has 0 saturated heterocycles. The predicted octanol–water partition coefficient (Wildman–Crippen LogP) is 0.207. The Balaban J connectivity index is 1.77. The largest absolute Gasteiger partial charge is 0.314 e. The molecule has 2 rings (SSSR count). The van der Waals surface area contributed by atoms with E-state index in [4.69, 9.17) is 0 Å². The normalized spacial score (nSPS) is 15.7. The van der Waals surface area contributed by atoms with Crippen molar-refractivity contribution in [2.45, 2.75) is 25.3 Å². The van der Waals surface area contributed by atoms with Crippen LogP contribution in [0.25, 0.3) is 0 Å². The molecule has 0 spiro atoms. The highest BCUT2D eigenvalue weighted by atomic mass is 32.2. The maximum Gasteiger partial charge on any atom is 0.302 e. The van der Waals surface area contributed by atoms with Gasteiger partial charge >= 0.3 is 10.2 Å². The van der Waals surface area contributed by atoms with Crippen LogP contribution in [0.3, 0.4) is 0 Å². The van der Waals surface area contributed by atoms with Gasteiger partial charge in [-0.1, -0.05) is 0 Å². The van der Waals surface area contributed by atoms with Gasteiger partial charge < -0.3 is 5.32 Å². The first-order valence-corrected chi connectivity index (χ1v) is 7.77. The Kier molecular flexibility index (Phi) is 4.67. The molecule has 19 heavy (non-hydrogen) atoms. The second-order valence-electron chi connectivity index (χ2n) is 4.62. The summed E-state index contributed by atoms with van der Waals surface area (Å²) in [5, 5.41) is 10.7. The number of nitrogens with one attached hydrogen (secondary N) is 2. The first-order valence-electron chi connectivity index (χ1n) is 6.33. The van der Waals surface area contributed by atoms with Gasteiger partial charge in [-0.2, -0.15) is 17.8 Å². The standard InChI is InChI=1S/C11H19N5O2S/c1-16(9-3-7-12-10-5-6-10)19(17,18)15-11-4-2-8-13-14-11/h2,4,8,10,12H,3,5-7,9H2,1H3,(H,14,15). The van der Waals surface area contributed by atoms with E-state index >= 15 is 0 Å². The van der Waals surface area contributed by atoms with Gasteiger partial charge in [0, 0.05) is 25.8 Å². The van der Waals surface area contributed by atoms with E-state index in [1.54, 1.807) is 19.2 Å². The summed E-state index contributed by atoms with van der Waals surface area (Å²) in [6.07, 6.45) is 4.75. The van der Waals surface area contributed by atoms with E-state index in [0.717, 1.165) is 13.0 Å². The first kappa shape index (κ1) is 14.2. The highest BCUT2D eigenvalue weighted by Crippen LogP contribution is 2.18. The maximum atomic E-state index is 12.0. The molecular weight excluding hydrogens is 266 g/mol. The SMILES string of the molecule is CN(CCCNC1CC1)S(=O)(=O)Nc1cccnn1. The second-order valence-corrected chi connectivity index (χ2v) is 6.40. The van der Waals surface area contributed by atoms with Crippen molar-refractivity contribution in [2.75, 3.05) is 24.9 Å². The van der Waals surface area contributed by atoms with E-state index in [9.17, 15) is 8.42 Å². The summed E-state index contributed by atoms with van der Waals surface area (Å²) in [6, 6.07) is 3.84. The van der Waals surface area contributed by atoms with Gasteiger partial charge in [-0.05, 0) is 37.9 Å². The van der Waals surface area contributed by atoms with Crippen LogP contribution < -0.4 is 10.0 Å². The summed E-state index contributed by atoms with van der Waals surface area (Å²) in [4.78, 5) is 0. The Morgan fingerprint density at radius 1 is 1.47 bits per heavy atom. The van der Waals surface area contributed by atoms with Crippen molar-refractivity contribution in [3.8, 4) is 0 Å². The van der Waals surface area contributed by atoms with Crippen LogP contribution in [0.4, 0.5) is 5.82 Å². The van der Waals surface area contributed by atoms with Gasteiger partial charge in [-0.15, -0.1) is 5.10 Å². The smallest absolute Gasteiger partial charge is 0.302 e. The molecule has 7 nitrogen and oxygen atoms in total. The number of aromatic nitrogens is 2. The van der Waals surface area contributed by atoms with Crippen LogP contribution >= 0.6 is 0 Å². The van der Waals surface area contributed by atoms with Crippen molar-refractivity contribution in [2.24, 2.45) is 0 Å². The van der Waals surface area contributed by atoms with Crippen molar-refractivity contribution in [1.29, 1.82) is 0 Å². The van der Waals surface area contributed by atoms with Gasteiger partial charge in [0.15, 0.2) is 5.82 Å². The second kappa shape index (κ2) is 6.27. The third kappa shape index (κ3) is 4.73. The Bertz CT molecular complexity index is 489. The number of rotatable bonds is 8. The zero-order valence-electron chi connectivity index (χ0n) is 10.9. The van der Waals surface area contributed by atoms with Crippen LogP contribution in [0, 0.1) is 0 Å². The molecule has 1 heterocycles. The molecule has 1 fully saturated rings. The molecule has 1 aromatic rings. The fraction of sp³-hybridized carbons (Fsp3) is 0.636. The minimum Gasteiger partial charge on any atom is -0.314 e. The summed E-state index contributed by atoms with van der Waals surface area (Å²) < 4.78 is 27.6. The van der Waals surface area contributed by atoms with E-state index in [1.807, 2.05) is 0 Å². The summed E-state index contributed by atoms with van der Waals surface area (Å²) in [5.74, 6) is 0.227. The Morgan fingerprint density at radius 3 is 2.89 bits per heavy atom. The minimum atomic E-state index is -3.55. The quantitative estimate of drug-likeness (QED) is 0.667. The summed E-state index contributed by atoms with van der Waals surface area (Å²) >= 11 is 0. The average Bonchev–Trinajstić information content (AvgIpc) is 3.19. The molecule has 0 aromatic carbocycles. The van der Waals surface area contributed by atoms with Crippen molar-refractivity contribution >= 4 is 16.0 Å². The van der Waals surface area contributed by atoms with Crippen LogP contribution in [0.2, 0.25) is 0 Å². The number of hydrogen-bond donors (Lipinski definition) is 2. The molecule has 1 aliphatic rings. The minimum absolute atomic E-state index is 0.227. The molecule has 2 N–H and O–H groups in total. The topological polar surface area (TPSA) is 87.2 Å². The van der Waals surface area contributed by atoms with Gasteiger partial charge in [-0.25, -0.2) is 0 Å². The molecule has 0 unspecified atom stereocenters. The summed E-state index contributed by atoms with van der Waals surface area (Å²) in [7, 11) is -1.99. The lowest BCUT2D eigenvalue weighted by atomic mass is 10.4. The molecule has 8 heteroatoms. The van der Waals surface area contributed by atoms with Gasteiger partial charge in [0.2, 0.25) is 0 Å². The first-order chi connectivity index (χ1) is 9.08. The van der Waals surface area contributed by atoms with Gasteiger partial charge in [0.05, 0.1) is 0 Å². The molecule has 1 aliphatic carbocycles. The molecule has 0 atom stereocenters. The predicted molar refractivity (Wildman–Crippen MR) is 72.8 cm³/mol. The summed E-state index contributed by atoms with van der Waals surface area (Å²) in [5.41, 5.74) is 0.